The first kappa shape index (κ1) is 16.3. The number of amides is 2. The molecule has 6 heteroatoms. The van der Waals surface area contributed by atoms with Gasteiger partial charge >= 0.3 is 0 Å². The first-order chi connectivity index (χ1) is 11.7. The molecule has 0 bridgehead atoms. The third-order valence-corrected chi connectivity index (χ3v) is 4.36. The number of anilines is 1. The largest absolute Gasteiger partial charge is 0.482 e. The lowest BCUT2D eigenvalue weighted by Gasteiger charge is -2.31. The molecule has 0 atom stereocenters. The summed E-state index contributed by atoms with van der Waals surface area (Å²) in [4.78, 5) is 30.4. The molecule has 0 unspecified atom stereocenters. The summed E-state index contributed by atoms with van der Waals surface area (Å²) in [7, 11) is 0. The number of hydrogen-bond acceptors (Lipinski definition) is 4. The van der Waals surface area contributed by atoms with E-state index in [1.54, 1.807) is 6.07 Å². The van der Waals surface area contributed by atoms with Gasteiger partial charge < -0.3 is 9.64 Å². The summed E-state index contributed by atoms with van der Waals surface area (Å²) >= 11 is 0. The molecular weight excluding hydrogens is 306 g/mol. The van der Waals surface area contributed by atoms with E-state index >= 15 is 0 Å². The minimum atomic E-state index is -0.189. The van der Waals surface area contributed by atoms with Crippen molar-refractivity contribution in [1.29, 1.82) is 0 Å². The molecular formula is C18H21N3O3. The molecule has 0 N–H and O–H groups in total. The van der Waals surface area contributed by atoms with E-state index in [1.807, 2.05) is 23.1 Å². The van der Waals surface area contributed by atoms with E-state index in [0.717, 1.165) is 19.5 Å². The van der Waals surface area contributed by atoms with Gasteiger partial charge in [-0.25, -0.2) is 0 Å². The van der Waals surface area contributed by atoms with Crippen molar-refractivity contribution in [2.75, 3.05) is 50.8 Å². The van der Waals surface area contributed by atoms with Crippen molar-refractivity contribution >= 4 is 17.5 Å². The zero-order valence-corrected chi connectivity index (χ0v) is 13.6. The number of rotatable bonds is 3. The van der Waals surface area contributed by atoms with Crippen LogP contribution >= 0.6 is 0 Å². The summed E-state index contributed by atoms with van der Waals surface area (Å²) in [5.41, 5.74) is 0.658. The highest BCUT2D eigenvalue weighted by atomic mass is 16.5. The zero-order valence-electron chi connectivity index (χ0n) is 13.6. The van der Waals surface area contributed by atoms with Crippen molar-refractivity contribution in [3.8, 4) is 18.1 Å². The van der Waals surface area contributed by atoms with Crippen LogP contribution < -0.4 is 9.64 Å². The summed E-state index contributed by atoms with van der Waals surface area (Å²) in [6.45, 7) is 3.63. The van der Waals surface area contributed by atoms with Crippen LogP contribution in [-0.2, 0) is 9.59 Å². The topological polar surface area (TPSA) is 53.1 Å². The van der Waals surface area contributed by atoms with Gasteiger partial charge in [0, 0.05) is 26.2 Å². The Bertz CT molecular complexity index is 668. The van der Waals surface area contributed by atoms with Crippen LogP contribution in [0.2, 0.25) is 0 Å². The Balaban J connectivity index is 1.66. The average Bonchev–Trinajstić information content (AvgIpc) is 2.83. The molecule has 2 aliphatic rings. The third kappa shape index (κ3) is 3.52. The van der Waals surface area contributed by atoms with Crippen molar-refractivity contribution < 1.29 is 14.3 Å². The number of hydrogen-bond donors (Lipinski definition) is 0. The van der Waals surface area contributed by atoms with Crippen molar-refractivity contribution in [2.45, 2.75) is 6.42 Å². The molecule has 1 aromatic rings. The molecule has 126 valence electrons. The van der Waals surface area contributed by atoms with E-state index in [4.69, 9.17) is 11.2 Å². The maximum absolute atomic E-state index is 12.7. The lowest BCUT2D eigenvalue weighted by molar-refractivity contribution is -0.131. The van der Waals surface area contributed by atoms with E-state index in [9.17, 15) is 9.59 Å². The zero-order chi connectivity index (χ0) is 16.9. The van der Waals surface area contributed by atoms with Gasteiger partial charge in [0.1, 0.15) is 12.3 Å². The summed E-state index contributed by atoms with van der Waals surface area (Å²) in [5, 5.41) is 0. The predicted octanol–water partition coefficient (Wildman–Crippen LogP) is 0.580. The number of nitrogens with zero attached hydrogens (tertiary/aromatic N) is 3. The minimum Gasteiger partial charge on any atom is -0.482 e. The predicted molar refractivity (Wildman–Crippen MR) is 90.8 cm³/mol. The van der Waals surface area contributed by atoms with Crippen molar-refractivity contribution in [1.82, 2.24) is 9.80 Å². The smallest absolute Gasteiger partial charge is 0.265 e. The van der Waals surface area contributed by atoms with E-state index in [2.05, 4.69) is 10.8 Å². The van der Waals surface area contributed by atoms with Crippen LogP contribution in [0.3, 0.4) is 0 Å². The van der Waals surface area contributed by atoms with Gasteiger partial charge in [-0.1, -0.05) is 18.1 Å². The summed E-state index contributed by atoms with van der Waals surface area (Å²) < 4.78 is 5.41. The molecule has 2 amide bonds. The number of benzene rings is 1. The Kier molecular flexibility index (Phi) is 5.02. The summed E-state index contributed by atoms with van der Waals surface area (Å²) in [6, 6.07) is 7.30. The fourth-order valence-corrected chi connectivity index (χ4v) is 3.07. The van der Waals surface area contributed by atoms with E-state index in [-0.39, 0.29) is 25.0 Å². The lowest BCUT2D eigenvalue weighted by atomic mass is 10.2. The number of ether oxygens (including phenoxy) is 1. The number of carbonyl (C=O) groups excluding carboxylic acids is 2. The van der Waals surface area contributed by atoms with E-state index in [1.165, 1.54) is 4.90 Å². The normalized spacial score (nSPS) is 18.4. The standard InChI is InChI=1S/C18H21N3O3/c1-2-8-19-9-5-10-20(12-11-19)17(22)13-21-15-6-3-4-7-16(15)24-14-18(21)23/h1,3-4,6-7H,5,8-14H2. The second-order valence-corrected chi connectivity index (χ2v) is 5.95. The Morgan fingerprint density at radius 1 is 1.21 bits per heavy atom. The van der Waals surface area contributed by atoms with Gasteiger partial charge in [-0.2, -0.15) is 0 Å². The fourth-order valence-electron chi connectivity index (χ4n) is 3.07. The molecule has 1 fully saturated rings. The molecule has 24 heavy (non-hydrogen) atoms. The molecule has 6 nitrogen and oxygen atoms in total. The Hall–Kier alpha value is -2.52. The summed E-state index contributed by atoms with van der Waals surface area (Å²) in [6.07, 6.45) is 6.25. The molecule has 2 aliphatic heterocycles. The van der Waals surface area contributed by atoms with Gasteiger partial charge in [0.2, 0.25) is 5.91 Å². The molecule has 1 saturated heterocycles. The number of fused-ring (bicyclic) bond motifs is 1. The molecule has 1 aromatic carbocycles. The number of carbonyl (C=O) groups is 2. The van der Waals surface area contributed by atoms with Crippen LogP contribution in [-0.4, -0.2) is 67.5 Å². The minimum absolute atomic E-state index is 0.0275. The van der Waals surface area contributed by atoms with Gasteiger partial charge in [-0.05, 0) is 18.6 Å². The molecule has 3 rings (SSSR count). The SMILES string of the molecule is C#CCN1CCCN(C(=O)CN2C(=O)COc3ccccc32)CC1. The van der Waals surface area contributed by atoms with Crippen LogP contribution in [0, 0.1) is 12.3 Å². The van der Waals surface area contributed by atoms with Crippen LogP contribution in [0.25, 0.3) is 0 Å². The molecule has 2 heterocycles. The van der Waals surface area contributed by atoms with Gasteiger partial charge in [-0.3, -0.25) is 19.4 Å². The summed E-state index contributed by atoms with van der Waals surface area (Å²) in [5.74, 6) is 3.06. The molecule has 0 radical (unpaired) electrons. The maximum atomic E-state index is 12.7. The van der Waals surface area contributed by atoms with Gasteiger partial charge in [0.25, 0.3) is 5.91 Å². The average molecular weight is 327 g/mol. The van der Waals surface area contributed by atoms with Crippen LogP contribution in [0.5, 0.6) is 5.75 Å². The van der Waals surface area contributed by atoms with Crippen molar-refractivity contribution in [3.05, 3.63) is 24.3 Å². The number of para-hydroxylation sites is 2. The van der Waals surface area contributed by atoms with Crippen molar-refractivity contribution in [3.63, 3.8) is 0 Å². The second kappa shape index (κ2) is 7.37. The lowest BCUT2D eigenvalue weighted by Crippen LogP contribution is -2.47. The van der Waals surface area contributed by atoms with Gasteiger partial charge in [0.15, 0.2) is 6.61 Å². The Morgan fingerprint density at radius 2 is 2.04 bits per heavy atom. The highest BCUT2D eigenvalue weighted by Crippen LogP contribution is 2.31. The third-order valence-electron chi connectivity index (χ3n) is 4.36. The fraction of sp³-hybridized carbons (Fsp3) is 0.444. The Morgan fingerprint density at radius 3 is 2.88 bits per heavy atom. The highest BCUT2D eigenvalue weighted by Gasteiger charge is 2.29. The second-order valence-electron chi connectivity index (χ2n) is 5.95. The van der Waals surface area contributed by atoms with Crippen LogP contribution in [0.15, 0.2) is 24.3 Å². The quantitative estimate of drug-likeness (QED) is 0.762. The molecule has 0 aromatic heterocycles. The van der Waals surface area contributed by atoms with E-state index < -0.39 is 0 Å². The Labute approximate surface area is 142 Å². The maximum Gasteiger partial charge on any atom is 0.265 e. The van der Waals surface area contributed by atoms with Gasteiger partial charge in [-0.15, -0.1) is 6.42 Å². The highest BCUT2D eigenvalue weighted by molar-refractivity contribution is 6.02. The number of terminal acetylenes is 1. The van der Waals surface area contributed by atoms with Crippen molar-refractivity contribution in [2.24, 2.45) is 0 Å². The monoisotopic (exact) mass is 327 g/mol. The molecule has 0 spiro atoms. The first-order valence-corrected chi connectivity index (χ1v) is 8.15. The van der Waals surface area contributed by atoms with E-state index in [0.29, 0.717) is 31.1 Å². The van der Waals surface area contributed by atoms with Crippen LogP contribution in [0.4, 0.5) is 5.69 Å². The molecule has 0 aliphatic carbocycles. The van der Waals surface area contributed by atoms with Gasteiger partial charge in [0.05, 0.1) is 12.2 Å². The van der Waals surface area contributed by atoms with Crippen LogP contribution in [0.1, 0.15) is 6.42 Å². The molecule has 0 saturated carbocycles. The first-order valence-electron chi connectivity index (χ1n) is 8.15.